The third-order valence-corrected chi connectivity index (χ3v) is 3.14. The van der Waals surface area contributed by atoms with Gasteiger partial charge in [-0.2, -0.15) is 0 Å². The van der Waals surface area contributed by atoms with E-state index in [4.69, 9.17) is 44.6 Å². The Hall–Kier alpha value is -1.42. The smallest absolute Gasteiger partial charge is 0.337 e. The highest BCUT2D eigenvalue weighted by atomic mass is 35.5. The second kappa shape index (κ2) is 5.70. The summed E-state index contributed by atoms with van der Waals surface area (Å²) in [6.07, 6.45) is 0. The zero-order chi connectivity index (χ0) is 14.0. The molecular weight excluding hydrogens is 310 g/mol. The van der Waals surface area contributed by atoms with Crippen LogP contribution in [0.25, 0.3) is 0 Å². The molecule has 0 aromatic heterocycles. The molecule has 3 nitrogen and oxygen atoms in total. The van der Waals surface area contributed by atoms with E-state index in [1.807, 2.05) is 0 Å². The highest BCUT2D eigenvalue weighted by Gasteiger charge is 2.10. The van der Waals surface area contributed by atoms with Crippen molar-refractivity contribution in [1.29, 1.82) is 0 Å². The first-order valence-electron chi connectivity index (χ1n) is 5.13. The molecule has 0 saturated carbocycles. The fraction of sp³-hybridized carbons (Fsp3) is 0. The molecule has 0 saturated heterocycles. The van der Waals surface area contributed by atoms with Crippen molar-refractivity contribution >= 4 is 40.8 Å². The van der Waals surface area contributed by atoms with Crippen molar-refractivity contribution in [1.82, 2.24) is 0 Å². The van der Waals surface area contributed by atoms with Gasteiger partial charge < -0.3 is 9.84 Å². The number of benzene rings is 2. The molecule has 0 radical (unpaired) electrons. The molecule has 6 heteroatoms. The predicted octanol–water partition coefficient (Wildman–Crippen LogP) is 5.14. The number of carboxylic acids is 1. The molecule has 0 atom stereocenters. The summed E-state index contributed by atoms with van der Waals surface area (Å²) in [5, 5.41) is 9.80. The number of carbonyl (C=O) groups is 1. The summed E-state index contributed by atoms with van der Waals surface area (Å²) in [6.45, 7) is 0. The van der Waals surface area contributed by atoms with Gasteiger partial charge in [0, 0.05) is 11.1 Å². The second-order valence-corrected chi connectivity index (χ2v) is 4.87. The van der Waals surface area contributed by atoms with Crippen molar-refractivity contribution in [2.24, 2.45) is 0 Å². The van der Waals surface area contributed by atoms with Crippen LogP contribution in [0, 0.1) is 0 Å². The van der Waals surface area contributed by atoms with Gasteiger partial charge in [0.15, 0.2) is 0 Å². The monoisotopic (exact) mass is 316 g/mol. The van der Waals surface area contributed by atoms with Crippen LogP contribution < -0.4 is 4.74 Å². The summed E-state index contributed by atoms with van der Waals surface area (Å²) < 4.78 is 5.51. The van der Waals surface area contributed by atoms with E-state index in [0.717, 1.165) is 0 Å². The Labute approximate surface area is 124 Å². The van der Waals surface area contributed by atoms with Crippen molar-refractivity contribution < 1.29 is 14.6 Å². The number of carboxylic acid groups (broad SMARTS) is 1. The van der Waals surface area contributed by atoms with Gasteiger partial charge in [0.05, 0.1) is 15.6 Å². The standard InChI is InChI=1S/C13H7Cl3O3/c14-7-1-4-12(11(16)5-7)19-8-2-3-9(13(17)18)10(15)6-8/h1-6H,(H,17,18). The van der Waals surface area contributed by atoms with Crippen molar-refractivity contribution in [2.75, 3.05) is 0 Å². The van der Waals surface area contributed by atoms with Crippen LogP contribution in [-0.2, 0) is 0 Å². The molecular formula is C13H7Cl3O3. The van der Waals surface area contributed by atoms with Gasteiger partial charge in [-0.05, 0) is 30.3 Å². The zero-order valence-corrected chi connectivity index (χ0v) is 11.6. The lowest BCUT2D eigenvalue weighted by molar-refractivity contribution is 0.0697. The van der Waals surface area contributed by atoms with Gasteiger partial charge in [0.25, 0.3) is 0 Å². The van der Waals surface area contributed by atoms with Crippen molar-refractivity contribution in [3.05, 3.63) is 57.0 Å². The molecule has 0 aliphatic heterocycles. The molecule has 98 valence electrons. The third-order valence-electron chi connectivity index (χ3n) is 2.29. The maximum atomic E-state index is 10.8. The maximum Gasteiger partial charge on any atom is 0.337 e. The number of halogens is 3. The highest BCUT2D eigenvalue weighted by Crippen LogP contribution is 2.33. The predicted molar refractivity (Wildman–Crippen MR) is 74.9 cm³/mol. The lowest BCUT2D eigenvalue weighted by Gasteiger charge is -2.09. The fourth-order valence-corrected chi connectivity index (χ4v) is 2.12. The third kappa shape index (κ3) is 3.32. The molecule has 0 bridgehead atoms. The van der Waals surface area contributed by atoms with Crippen molar-refractivity contribution in [2.45, 2.75) is 0 Å². The van der Waals surface area contributed by atoms with Crippen LogP contribution >= 0.6 is 34.8 Å². The molecule has 2 aromatic rings. The van der Waals surface area contributed by atoms with Gasteiger partial charge in [-0.1, -0.05) is 34.8 Å². The average Bonchev–Trinajstić information content (AvgIpc) is 2.32. The van der Waals surface area contributed by atoms with Crippen LogP contribution in [-0.4, -0.2) is 11.1 Å². The molecule has 0 amide bonds. The first kappa shape index (κ1) is 14.0. The van der Waals surface area contributed by atoms with Gasteiger partial charge in [0.2, 0.25) is 0 Å². The van der Waals surface area contributed by atoms with E-state index < -0.39 is 5.97 Å². The summed E-state index contributed by atoms with van der Waals surface area (Å²) >= 11 is 17.6. The maximum absolute atomic E-state index is 10.8. The minimum Gasteiger partial charge on any atom is -0.478 e. The Kier molecular flexibility index (Phi) is 4.20. The first-order valence-corrected chi connectivity index (χ1v) is 6.26. The van der Waals surface area contributed by atoms with E-state index in [1.54, 1.807) is 18.2 Å². The number of ether oxygens (including phenoxy) is 1. The Balaban J connectivity index is 2.29. The summed E-state index contributed by atoms with van der Waals surface area (Å²) in [5.41, 5.74) is 0.0104. The molecule has 1 N–H and O–H groups in total. The summed E-state index contributed by atoms with van der Waals surface area (Å²) in [4.78, 5) is 10.8. The van der Waals surface area contributed by atoms with Crippen molar-refractivity contribution in [3.63, 3.8) is 0 Å². The highest BCUT2D eigenvalue weighted by molar-refractivity contribution is 6.35. The molecule has 2 aromatic carbocycles. The number of aromatic carboxylic acids is 1. The van der Waals surface area contributed by atoms with Crippen LogP contribution in [0.2, 0.25) is 15.1 Å². The van der Waals surface area contributed by atoms with Gasteiger partial charge in [-0.15, -0.1) is 0 Å². The van der Waals surface area contributed by atoms with E-state index in [1.165, 1.54) is 18.2 Å². The lowest BCUT2D eigenvalue weighted by Crippen LogP contribution is -1.97. The van der Waals surface area contributed by atoms with E-state index in [0.29, 0.717) is 21.5 Å². The first-order chi connectivity index (χ1) is 8.97. The van der Waals surface area contributed by atoms with E-state index in [9.17, 15) is 4.79 Å². The van der Waals surface area contributed by atoms with Gasteiger partial charge in [-0.3, -0.25) is 0 Å². The molecule has 0 unspecified atom stereocenters. The molecule has 2 rings (SSSR count). The Morgan fingerprint density at radius 3 is 2.32 bits per heavy atom. The SMILES string of the molecule is O=C(O)c1ccc(Oc2ccc(Cl)cc2Cl)cc1Cl. The largest absolute Gasteiger partial charge is 0.478 e. The minimum atomic E-state index is -1.10. The van der Waals surface area contributed by atoms with E-state index >= 15 is 0 Å². The Bertz CT molecular complexity index is 641. The van der Waals surface area contributed by atoms with Crippen LogP contribution in [0.4, 0.5) is 0 Å². The van der Waals surface area contributed by atoms with Crippen molar-refractivity contribution in [3.8, 4) is 11.5 Å². The number of rotatable bonds is 3. The molecule has 0 aliphatic carbocycles. The summed E-state index contributed by atoms with van der Waals surface area (Å²) in [5.74, 6) is -0.300. The topological polar surface area (TPSA) is 46.5 Å². The molecule has 19 heavy (non-hydrogen) atoms. The quantitative estimate of drug-likeness (QED) is 0.853. The van der Waals surface area contributed by atoms with Gasteiger partial charge >= 0.3 is 5.97 Å². The van der Waals surface area contributed by atoms with Crippen LogP contribution in [0.5, 0.6) is 11.5 Å². The Morgan fingerprint density at radius 1 is 1.00 bits per heavy atom. The normalized spacial score (nSPS) is 10.3. The Morgan fingerprint density at radius 2 is 1.74 bits per heavy atom. The fourth-order valence-electron chi connectivity index (χ4n) is 1.42. The van der Waals surface area contributed by atoms with E-state index in [-0.39, 0.29) is 10.6 Å². The summed E-state index contributed by atoms with van der Waals surface area (Å²) in [6, 6.07) is 9.07. The van der Waals surface area contributed by atoms with Crippen LogP contribution in [0.1, 0.15) is 10.4 Å². The average molecular weight is 318 g/mol. The van der Waals surface area contributed by atoms with E-state index in [2.05, 4.69) is 0 Å². The lowest BCUT2D eigenvalue weighted by atomic mass is 10.2. The van der Waals surface area contributed by atoms with Crippen LogP contribution in [0.3, 0.4) is 0 Å². The van der Waals surface area contributed by atoms with Gasteiger partial charge in [-0.25, -0.2) is 4.79 Å². The molecule has 0 spiro atoms. The molecule has 0 heterocycles. The molecule has 0 aliphatic rings. The van der Waals surface area contributed by atoms with Crippen LogP contribution in [0.15, 0.2) is 36.4 Å². The summed E-state index contributed by atoms with van der Waals surface area (Å²) in [7, 11) is 0. The zero-order valence-electron chi connectivity index (χ0n) is 9.36. The van der Waals surface area contributed by atoms with Gasteiger partial charge in [0.1, 0.15) is 11.5 Å². The molecule has 0 fully saturated rings. The number of hydrogen-bond donors (Lipinski definition) is 1. The number of hydrogen-bond acceptors (Lipinski definition) is 2. The minimum absolute atomic E-state index is 0.0104. The second-order valence-electron chi connectivity index (χ2n) is 3.62.